The first-order valence-electron chi connectivity index (χ1n) is 4.74. The number of nitrogens with zero attached hydrogens (tertiary/aromatic N) is 1. The van der Waals surface area contributed by atoms with E-state index in [1.165, 1.54) is 0 Å². The lowest BCUT2D eigenvalue weighted by Crippen LogP contribution is -1.97. The van der Waals surface area contributed by atoms with E-state index in [-0.39, 0.29) is 0 Å². The van der Waals surface area contributed by atoms with E-state index in [0.29, 0.717) is 29.4 Å². The van der Waals surface area contributed by atoms with Crippen LogP contribution in [0.5, 0.6) is 5.75 Å². The fraction of sp³-hybridized carbons (Fsp3) is 0.0833. The molecule has 80 valence electrons. The number of nitriles is 1. The highest BCUT2D eigenvalue weighted by Gasteiger charge is 2.04. The Morgan fingerprint density at radius 1 is 1.38 bits per heavy atom. The summed E-state index contributed by atoms with van der Waals surface area (Å²) in [6.45, 7) is 0.297. The van der Waals surface area contributed by atoms with Crippen LogP contribution in [0.2, 0.25) is 0 Å². The Bertz CT molecular complexity index is 512. The van der Waals surface area contributed by atoms with Crippen LogP contribution in [0.3, 0.4) is 0 Å². The summed E-state index contributed by atoms with van der Waals surface area (Å²) < 4.78 is 10.6. The molecule has 0 radical (unpaired) electrons. The standard InChI is InChI=1S/C12H10N2O2/c13-7-9-6-10(14)3-4-12(9)16-8-11-2-1-5-15-11/h1-6H,8,14H2. The zero-order valence-corrected chi connectivity index (χ0v) is 8.51. The molecule has 0 aliphatic heterocycles. The number of hydrogen-bond acceptors (Lipinski definition) is 4. The van der Waals surface area contributed by atoms with Crippen LogP contribution in [0.15, 0.2) is 41.0 Å². The van der Waals surface area contributed by atoms with Crippen LogP contribution in [0, 0.1) is 11.3 Å². The van der Waals surface area contributed by atoms with Crippen molar-refractivity contribution in [2.75, 3.05) is 5.73 Å². The number of nitrogens with two attached hydrogens (primary N) is 1. The summed E-state index contributed by atoms with van der Waals surface area (Å²) in [6, 6.07) is 10.6. The summed E-state index contributed by atoms with van der Waals surface area (Å²) in [6.07, 6.45) is 1.58. The summed E-state index contributed by atoms with van der Waals surface area (Å²) in [5.74, 6) is 1.22. The van der Waals surface area contributed by atoms with E-state index in [4.69, 9.17) is 20.1 Å². The molecule has 0 aliphatic carbocycles. The maximum atomic E-state index is 8.89. The van der Waals surface area contributed by atoms with Gasteiger partial charge in [0.2, 0.25) is 0 Å². The number of ether oxygens (including phenoxy) is 1. The zero-order chi connectivity index (χ0) is 11.4. The Morgan fingerprint density at radius 3 is 2.94 bits per heavy atom. The second kappa shape index (κ2) is 4.41. The van der Waals surface area contributed by atoms with Crippen molar-refractivity contribution in [1.82, 2.24) is 0 Å². The highest BCUT2D eigenvalue weighted by Crippen LogP contribution is 2.21. The van der Waals surface area contributed by atoms with Crippen molar-refractivity contribution >= 4 is 5.69 Å². The van der Waals surface area contributed by atoms with E-state index in [1.807, 2.05) is 12.1 Å². The average molecular weight is 214 g/mol. The lowest BCUT2D eigenvalue weighted by molar-refractivity contribution is 0.269. The predicted octanol–water partition coefficient (Wildman–Crippen LogP) is 2.31. The third-order valence-corrected chi connectivity index (χ3v) is 2.07. The molecule has 0 atom stereocenters. The van der Waals surface area contributed by atoms with E-state index >= 15 is 0 Å². The Morgan fingerprint density at radius 2 is 2.25 bits per heavy atom. The molecule has 0 spiro atoms. The predicted molar refractivity (Wildman–Crippen MR) is 58.6 cm³/mol. The van der Waals surface area contributed by atoms with Crippen LogP contribution in [-0.2, 0) is 6.61 Å². The van der Waals surface area contributed by atoms with Gasteiger partial charge in [-0.3, -0.25) is 0 Å². The second-order valence-corrected chi connectivity index (χ2v) is 3.24. The third kappa shape index (κ3) is 2.15. The molecule has 0 bridgehead atoms. The number of hydrogen-bond donors (Lipinski definition) is 1. The van der Waals surface area contributed by atoms with Gasteiger partial charge < -0.3 is 14.9 Å². The maximum absolute atomic E-state index is 8.89. The first kappa shape index (κ1) is 10.1. The van der Waals surface area contributed by atoms with Gasteiger partial charge in [-0.05, 0) is 30.3 Å². The van der Waals surface area contributed by atoms with Gasteiger partial charge >= 0.3 is 0 Å². The molecule has 4 nitrogen and oxygen atoms in total. The molecule has 0 amide bonds. The highest BCUT2D eigenvalue weighted by atomic mass is 16.5. The molecule has 2 rings (SSSR count). The minimum Gasteiger partial charge on any atom is -0.484 e. The largest absolute Gasteiger partial charge is 0.484 e. The summed E-state index contributed by atoms with van der Waals surface area (Å²) in [5, 5.41) is 8.89. The van der Waals surface area contributed by atoms with Gasteiger partial charge in [-0.25, -0.2) is 0 Å². The van der Waals surface area contributed by atoms with Crippen molar-refractivity contribution in [2.24, 2.45) is 0 Å². The van der Waals surface area contributed by atoms with Crippen LogP contribution in [0.25, 0.3) is 0 Å². The Balaban J connectivity index is 2.13. The smallest absolute Gasteiger partial charge is 0.146 e. The number of rotatable bonds is 3. The molecule has 1 aromatic heterocycles. The SMILES string of the molecule is N#Cc1cc(N)ccc1OCc1ccco1. The van der Waals surface area contributed by atoms with Crippen molar-refractivity contribution < 1.29 is 9.15 Å². The van der Waals surface area contributed by atoms with Crippen LogP contribution in [0.4, 0.5) is 5.69 Å². The summed E-state index contributed by atoms with van der Waals surface area (Å²) in [7, 11) is 0. The van der Waals surface area contributed by atoms with Gasteiger partial charge in [-0.1, -0.05) is 0 Å². The van der Waals surface area contributed by atoms with E-state index in [0.717, 1.165) is 0 Å². The van der Waals surface area contributed by atoms with E-state index in [2.05, 4.69) is 0 Å². The molecule has 0 fully saturated rings. The van der Waals surface area contributed by atoms with Gasteiger partial charge in [-0.15, -0.1) is 0 Å². The molecule has 2 N–H and O–H groups in total. The van der Waals surface area contributed by atoms with Crippen molar-refractivity contribution in [3.63, 3.8) is 0 Å². The molecule has 0 unspecified atom stereocenters. The number of furan rings is 1. The molecule has 4 heteroatoms. The van der Waals surface area contributed by atoms with Crippen molar-refractivity contribution in [3.05, 3.63) is 47.9 Å². The second-order valence-electron chi connectivity index (χ2n) is 3.24. The Hall–Kier alpha value is -2.41. The average Bonchev–Trinajstić information content (AvgIpc) is 2.80. The topological polar surface area (TPSA) is 72.2 Å². The lowest BCUT2D eigenvalue weighted by atomic mass is 10.2. The van der Waals surface area contributed by atoms with E-state index in [9.17, 15) is 0 Å². The van der Waals surface area contributed by atoms with Crippen molar-refractivity contribution in [1.29, 1.82) is 5.26 Å². The van der Waals surface area contributed by atoms with Crippen LogP contribution >= 0.6 is 0 Å². The van der Waals surface area contributed by atoms with Gasteiger partial charge in [0.1, 0.15) is 24.2 Å². The van der Waals surface area contributed by atoms with Crippen molar-refractivity contribution in [2.45, 2.75) is 6.61 Å². The fourth-order valence-corrected chi connectivity index (χ4v) is 1.30. The molecular weight excluding hydrogens is 204 g/mol. The minimum absolute atomic E-state index is 0.297. The van der Waals surface area contributed by atoms with Crippen molar-refractivity contribution in [3.8, 4) is 11.8 Å². The quantitative estimate of drug-likeness (QED) is 0.796. The molecule has 0 saturated heterocycles. The normalized spacial score (nSPS) is 9.69. The molecule has 0 aliphatic rings. The van der Waals surface area contributed by atoms with Gasteiger partial charge in [0.25, 0.3) is 0 Å². The third-order valence-electron chi connectivity index (χ3n) is 2.07. The Kier molecular flexibility index (Phi) is 2.79. The maximum Gasteiger partial charge on any atom is 0.146 e. The van der Waals surface area contributed by atoms with Gasteiger partial charge in [0.05, 0.1) is 11.8 Å². The molecular formula is C12H10N2O2. The fourth-order valence-electron chi connectivity index (χ4n) is 1.30. The molecule has 0 saturated carbocycles. The monoisotopic (exact) mass is 214 g/mol. The van der Waals surface area contributed by atoms with E-state index in [1.54, 1.807) is 30.5 Å². The molecule has 1 heterocycles. The zero-order valence-electron chi connectivity index (χ0n) is 8.51. The lowest BCUT2D eigenvalue weighted by Gasteiger charge is -2.06. The number of benzene rings is 1. The summed E-state index contributed by atoms with van der Waals surface area (Å²) in [5.41, 5.74) is 6.53. The summed E-state index contributed by atoms with van der Waals surface area (Å²) in [4.78, 5) is 0. The minimum atomic E-state index is 0.297. The first-order chi connectivity index (χ1) is 7.79. The first-order valence-corrected chi connectivity index (χ1v) is 4.74. The van der Waals surface area contributed by atoms with Gasteiger partial charge in [0.15, 0.2) is 0 Å². The van der Waals surface area contributed by atoms with Crippen LogP contribution < -0.4 is 10.5 Å². The molecule has 2 aromatic rings. The Labute approximate surface area is 92.9 Å². The number of nitrogen functional groups attached to an aromatic ring is 1. The van der Waals surface area contributed by atoms with Gasteiger partial charge in [0, 0.05) is 5.69 Å². The van der Waals surface area contributed by atoms with Gasteiger partial charge in [-0.2, -0.15) is 5.26 Å². The summed E-state index contributed by atoms with van der Waals surface area (Å²) >= 11 is 0. The highest BCUT2D eigenvalue weighted by molar-refractivity contribution is 5.53. The van der Waals surface area contributed by atoms with E-state index < -0.39 is 0 Å². The molecule has 1 aromatic carbocycles. The molecule has 16 heavy (non-hydrogen) atoms. The van der Waals surface area contributed by atoms with Crippen LogP contribution in [0.1, 0.15) is 11.3 Å². The number of anilines is 1. The van der Waals surface area contributed by atoms with Crippen LogP contribution in [-0.4, -0.2) is 0 Å².